The fraction of sp³-hybridized carbons (Fsp3) is 0.562. The van der Waals surface area contributed by atoms with E-state index in [0.29, 0.717) is 17.4 Å². The molecule has 0 aliphatic carbocycles. The minimum atomic E-state index is -0.127. The monoisotopic (exact) mass is 349 g/mol. The third-order valence-corrected chi connectivity index (χ3v) is 5.24. The lowest BCUT2D eigenvalue weighted by Crippen LogP contribution is -2.27. The Morgan fingerprint density at radius 3 is 2.83 bits per heavy atom. The van der Waals surface area contributed by atoms with Crippen molar-refractivity contribution in [3.05, 3.63) is 29.5 Å². The molecule has 1 amide bonds. The van der Waals surface area contributed by atoms with Crippen molar-refractivity contribution in [2.45, 2.75) is 29.7 Å². The van der Waals surface area contributed by atoms with E-state index in [2.05, 4.69) is 20.1 Å². The molecule has 7 nitrogen and oxygen atoms in total. The van der Waals surface area contributed by atoms with Gasteiger partial charge in [-0.05, 0) is 38.1 Å². The largest absolute Gasteiger partial charge is 0.455 e. The molecule has 1 aliphatic rings. The molecule has 1 saturated heterocycles. The van der Waals surface area contributed by atoms with Crippen molar-refractivity contribution in [3.63, 3.8) is 0 Å². The van der Waals surface area contributed by atoms with E-state index in [9.17, 15) is 4.79 Å². The van der Waals surface area contributed by atoms with Crippen LogP contribution >= 0.6 is 11.8 Å². The van der Waals surface area contributed by atoms with Crippen LogP contribution < -0.4 is 5.32 Å². The second kappa shape index (κ2) is 7.40. The molecule has 0 aromatic carbocycles. The van der Waals surface area contributed by atoms with Gasteiger partial charge in [-0.25, -0.2) is 0 Å². The lowest BCUT2D eigenvalue weighted by molar-refractivity contribution is 0.0795. The summed E-state index contributed by atoms with van der Waals surface area (Å²) in [7, 11) is 5.44. The van der Waals surface area contributed by atoms with E-state index in [1.807, 2.05) is 13.1 Å². The number of carbonyl (C=O) groups is 1. The third kappa shape index (κ3) is 3.64. The first kappa shape index (κ1) is 17.0. The van der Waals surface area contributed by atoms with Crippen LogP contribution in [0.4, 0.5) is 0 Å². The average molecular weight is 349 g/mol. The quantitative estimate of drug-likeness (QED) is 0.831. The predicted molar refractivity (Wildman–Crippen MR) is 92.1 cm³/mol. The van der Waals surface area contributed by atoms with Crippen LogP contribution in [0.1, 0.15) is 40.9 Å². The van der Waals surface area contributed by atoms with Crippen molar-refractivity contribution >= 4 is 17.7 Å². The maximum atomic E-state index is 11.9. The van der Waals surface area contributed by atoms with Crippen LogP contribution in [0.3, 0.4) is 0 Å². The first-order chi connectivity index (χ1) is 11.6. The van der Waals surface area contributed by atoms with Gasteiger partial charge >= 0.3 is 0 Å². The Bertz CT molecular complexity index is 703. The molecule has 0 unspecified atom stereocenters. The number of carbonyl (C=O) groups excluding carboxylic acids is 1. The lowest BCUT2D eigenvalue weighted by atomic mass is 9.97. The number of furan rings is 1. The van der Waals surface area contributed by atoms with Crippen LogP contribution in [0.25, 0.3) is 0 Å². The van der Waals surface area contributed by atoms with Crippen molar-refractivity contribution in [3.8, 4) is 0 Å². The van der Waals surface area contributed by atoms with Gasteiger partial charge in [0.1, 0.15) is 11.6 Å². The average Bonchev–Trinajstić information content (AvgIpc) is 3.20. The fourth-order valence-electron chi connectivity index (χ4n) is 2.81. The zero-order chi connectivity index (χ0) is 17.1. The highest BCUT2D eigenvalue weighted by Crippen LogP contribution is 2.28. The molecule has 0 saturated carbocycles. The van der Waals surface area contributed by atoms with Gasteiger partial charge in [0.25, 0.3) is 5.91 Å². The zero-order valence-corrected chi connectivity index (χ0v) is 15.1. The number of aromatic nitrogens is 3. The van der Waals surface area contributed by atoms with E-state index in [1.165, 1.54) is 4.90 Å². The molecular formula is C16H23N5O2S. The molecule has 1 N–H and O–H groups in total. The molecule has 1 aliphatic heterocycles. The van der Waals surface area contributed by atoms with Crippen LogP contribution in [0.2, 0.25) is 0 Å². The molecule has 0 atom stereocenters. The molecule has 130 valence electrons. The topological polar surface area (TPSA) is 76.2 Å². The summed E-state index contributed by atoms with van der Waals surface area (Å²) in [5.74, 6) is 3.16. The van der Waals surface area contributed by atoms with Crippen LogP contribution in [0, 0.1) is 0 Å². The number of thioether (sulfide) groups is 1. The van der Waals surface area contributed by atoms with Gasteiger partial charge in [0.15, 0.2) is 10.9 Å². The van der Waals surface area contributed by atoms with Gasteiger partial charge in [0.05, 0.1) is 5.75 Å². The molecular weight excluding hydrogens is 326 g/mol. The van der Waals surface area contributed by atoms with E-state index in [4.69, 9.17) is 4.42 Å². The number of hydrogen-bond acceptors (Lipinski definition) is 6. The zero-order valence-electron chi connectivity index (χ0n) is 14.3. The number of amides is 1. The highest BCUT2D eigenvalue weighted by Gasteiger charge is 2.22. The Morgan fingerprint density at radius 2 is 2.12 bits per heavy atom. The van der Waals surface area contributed by atoms with Crippen molar-refractivity contribution in [2.24, 2.45) is 7.05 Å². The Kier molecular flexibility index (Phi) is 5.25. The van der Waals surface area contributed by atoms with Gasteiger partial charge in [-0.15, -0.1) is 10.2 Å². The van der Waals surface area contributed by atoms with Crippen LogP contribution in [0.5, 0.6) is 0 Å². The first-order valence-electron chi connectivity index (χ1n) is 8.09. The number of nitrogens with one attached hydrogen (secondary N) is 1. The van der Waals surface area contributed by atoms with Crippen LogP contribution in [0.15, 0.2) is 21.7 Å². The summed E-state index contributed by atoms with van der Waals surface area (Å²) < 4.78 is 7.69. The first-order valence-corrected chi connectivity index (χ1v) is 9.08. The highest BCUT2D eigenvalue weighted by molar-refractivity contribution is 7.98. The van der Waals surface area contributed by atoms with Crippen molar-refractivity contribution in [1.29, 1.82) is 0 Å². The van der Waals surface area contributed by atoms with Gasteiger partial charge < -0.3 is 19.2 Å². The maximum Gasteiger partial charge on any atom is 0.289 e. The lowest BCUT2D eigenvalue weighted by Gasteiger charge is -2.21. The maximum absolute atomic E-state index is 11.9. The van der Waals surface area contributed by atoms with Crippen molar-refractivity contribution < 1.29 is 9.21 Å². The molecule has 24 heavy (non-hydrogen) atoms. The van der Waals surface area contributed by atoms with E-state index in [1.54, 1.807) is 31.9 Å². The molecule has 1 fully saturated rings. The summed E-state index contributed by atoms with van der Waals surface area (Å²) in [5.41, 5.74) is 0. The summed E-state index contributed by atoms with van der Waals surface area (Å²) >= 11 is 1.57. The van der Waals surface area contributed by atoms with E-state index < -0.39 is 0 Å². The summed E-state index contributed by atoms with van der Waals surface area (Å²) in [6.07, 6.45) is 2.20. The summed E-state index contributed by atoms with van der Waals surface area (Å²) in [5, 5.41) is 12.9. The standard InChI is InChI=1S/C16H23N5O2S/c1-20(2)15(22)13-5-4-12(23-13)10-24-16-19-18-14(21(16)3)11-6-8-17-9-7-11/h4-5,11,17H,6-10H2,1-3H3. The molecule has 8 heteroatoms. The minimum Gasteiger partial charge on any atom is -0.455 e. The van der Waals surface area contributed by atoms with E-state index in [-0.39, 0.29) is 5.91 Å². The predicted octanol–water partition coefficient (Wildman–Crippen LogP) is 1.87. The molecule has 0 bridgehead atoms. The van der Waals surface area contributed by atoms with E-state index >= 15 is 0 Å². The molecule has 2 aromatic rings. The van der Waals surface area contributed by atoms with E-state index in [0.717, 1.165) is 42.7 Å². The molecule has 0 spiro atoms. The molecule has 0 radical (unpaired) electrons. The fourth-order valence-corrected chi connectivity index (χ4v) is 3.63. The van der Waals surface area contributed by atoms with Gasteiger partial charge in [-0.1, -0.05) is 11.8 Å². The summed E-state index contributed by atoms with van der Waals surface area (Å²) in [6.45, 7) is 2.07. The number of hydrogen-bond donors (Lipinski definition) is 1. The van der Waals surface area contributed by atoms with Crippen molar-refractivity contribution in [1.82, 2.24) is 25.0 Å². The van der Waals surface area contributed by atoms with Gasteiger partial charge in [-0.2, -0.15) is 0 Å². The Labute approximate surface area is 145 Å². The Hall–Kier alpha value is -1.80. The molecule has 2 aromatic heterocycles. The van der Waals surface area contributed by atoms with Crippen LogP contribution in [-0.2, 0) is 12.8 Å². The SMILES string of the molecule is CN(C)C(=O)c1ccc(CSc2nnc(C3CCNCC3)n2C)o1. The highest BCUT2D eigenvalue weighted by atomic mass is 32.2. The van der Waals surface area contributed by atoms with Gasteiger partial charge in [-0.3, -0.25) is 4.79 Å². The normalized spacial score (nSPS) is 15.6. The smallest absolute Gasteiger partial charge is 0.289 e. The Morgan fingerprint density at radius 1 is 1.38 bits per heavy atom. The third-order valence-electron chi connectivity index (χ3n) is 4.20. The van der Waals surface area contributed by atoms with Gasteiger partial charge in [0.2, 0.25) is 0 Å². The summed E-state index contributed by atoms with van der Waals surface area (Å²) in [6, 6.07) is 3.56. The van der Waals surface area contributed by atoms with Crippen LogP contribution in [-0.4, -0.2) is 52.8 Å². The molecule has 3 heterocycles. The number of piperidine rings is 1. The summed E-state index contributed by atoms with van der Waals surface area (Å²) in [4.78, 5) is 13.4. The Balaban J connectivity index is 1.63. The minimum absolute atomic E-state index is 0.127. The number of rotatable bonds is 5. The number of nitrogens with zero attached hydrogens (tertiary/aromatic N) is 4. The second-order valence-electron chi connectivity index (χ2n) is 6.18. The second-order valence-corrected chi connectivity index (χ2v) is 7.12. The van der Waals surface area contributed by atoms with Gasteiger partial charge in [0, 0.05) is 27.1 Å². The van der Waals surface area contributed by atoms with Crippen molar-refractivity contribution in [2.75, 3.05) is 27.2 Å². The molecule has 3 rings (SSSR count).